The molecule has 0 saturated heterocycles. The standard InChI is InChI=1S/C30H26N6O2/c37-29-23-9-1-2-10-24(23)30(38)28-26(36-18-16-32-20-22-8-4-6-14-34-22)12-11-25(27(28)29)35-17-15-31-19-21-7-3-5-13-33-21/h1-14,19-20,35-36H,15-18H2. The van der Waals surface area contributed by atoms with Gasteiger partial charge in [-0.05, 0) is 36.4 Å². The summed E-state index contributed by atoms with van der Waals surface area (Å²) < 4.78 is 0. The van der Waals surface area contributed by atoms with Gasteiger partial charge in [0.05, 0.1) is 35.6 Å². The number of nitrogens with one attached hydrogen (secondary N) is 2. The number of aromatic nitrogens is 2. The quantitative estimate of drug-likeness (QED) is 0.218. The first kappa shape index (κ1) is 24.7. The van der Waals surface area contributed by atoms with Crippen molar-refractivity contribution in [3.63, 3.8) is 0 Å². The molecule has 2 aromatic heterocycles. The molecule has 4 aromatic rings. The van der Waals surface area contributed by atoms with Crippen molar-refractivity contribution in [2.24, 2.45) is 9.98 Å². The Labute approximate surface area is 220 Å². The third-order valence-corrected chi connectivity index (χ3v) is 6.01. The Bertz CT molecular complexity index is 1390. The second-order valence-electron chi connectivity index (χ2n) is 8.55. The van der Waals surface area contributed by atoms with Gasteiger partial charge in [-0.3, -0.25) is 29.5 Å². The summed E-state index contributed by atoms with van der Waals surface area (Å²) in [6.45, 7) is 1.96. The maximum atomic E-state index is 13.5. The molecule has 0 amide bonds. The van der Waals surface area contributed by atoms with Crippen LogP contribution in [0.5, 0.6) is 0 Å². The Morgan fingerprint density at radius 3 is 1.47 bits per heavy atom. The summed E-state index contributed by atoms with van der Waals surface area (Å²) in [6.07, 6.45) is 6.86. The molecular formula is C30H26N6O2. The zero-order chi connectivity index (χ0) is 26.2. The van der Waals surface area contributed by atoms with Crippen LogP contribution in [0.25, 0.3) is 0 Å². The lowest BCUT2D eigenvalue weighted by atomic mass is 9.82. The molecule has 0 spiro atoms. The van der Waals surface area contributed by atoms with E-state index in [1.807, 2.05) is 48.5 Å². The lowest BCUT2D eigenvalue weighted by Gasteiger charge is -2.23. The minimum absolute atomic E-state index is 0.175. The Kier molecular flexibility index (Phi) is 7.69. The molecule has 0 bridgehead atoms. The number of hydrogen-bond acceptors (Lipinski definition) is 8. The number of nitrogens with zero attached hydrogens (tertiary/aromatic N) is 4. The summed E-state index contributed by atoms with van der Waals surface area (Å²) in [7, 11) is 0. The number of carbonyl (C=O) groups is 2. The van der Waals surface area contributed by atoms with Crippen molar-refractivity contribution in [2.75, 3.05) is 36.8 Å². The van der Waals surface area contributed by atoms with Gasteiger partial charge in [0.2, 0.25) is 0 Å². The van der Waals surface area contributed by atoms with Crippen LogP contribution in [0.4, 0.5) is 11.4 Å². The highest BCUT2D eigenvalue weighted by Crippen LogP contribution is 2.36. The molecule has 2 aromatic carbocycles. The third kappa shape index (κ3) is 5.54. The molecule has 188 valence electrons. The summed E-state index contributed by atoms with van der Waals surface area (Å²) in [5, 5.41) is 6.59. The topological polar surface area (TPSA) is 109 Å². The smallest absolute Gasteiger partial charge is 0.196 e. The highest BCUT2D eigenvalue weighted by Gasteiger charge is 2.33. The average Bonchev–Trinajstić information content (AvgIpc) is 2.97. The van der Waals surface area contributed by atoms with Crippen molar-refractivity contribution < 1.29 is 9.59 Å². The number of pyridine rings is 2. The molecule has 2 heterocycles. The van der Waals surface area contributed by atoms with E-state index in [1.165, 1.54) is 0 Å². The molecule has 0 radical (unpaired) electrons. The van der Waals surface area contributed by atoms with Crippen LogP contribution in [0.15, 0.2) is 95.2 Å². The van der Waals surface area contributed by atoms with Gasteiger partial charge in [0.15, 0.2) is 11.6 Å². The minimum atomic E-state index is -0.175. The Morgan fingerprint density at radius 2 is 1.05 bits per heavy atom. The molecule has 1 aliphatic rings. The number of benzene rings is 2. The van der Waals surface area contributed by atoms with E-state index in [9.17, 15) is 9.59 Å². The van der Waals surface area contributed by atoms with E-state index in [0.717, 1.165) is 11.4 Å². The van der Waals surface area contributed by atoms with Crippen molar-refractivity contribution in [2.45, 2.75) is 0 Å². The Hall–Kier alpha value is -4.98. The van der Waals surface area contributed by atoms with E-state index in [1.54, 1.807) is 49.1 Å². The number of hydrogen-bond donors (Lipinski definition) is 2. The molecule has 0 aliphatic heterocycles. The van der Waals surface area contributed by atoms with Crippen molar-refractivity contribution in [1.29, 1.82) is 0 Å². The fourth-order valence-corrected chi connectivity index (χ4v) is 4.25. The van der Waals surface area contributed by atoms with Crippen molar-refractivity contribution in [3.05, 3.63) is 119 Å². The number of anilines is 2. The molecule has 2 N–H and O–H groups in total. The monoisotopic (exact) mass is 502 g/mol. The molecule has 5 rings (SSSR count). The van der Waals surface area contributed by atoms with Crippen LogP contribution >= 0.6 is 0 Å². The summed E-state index contributed by atoms with van der Waals surface area (Å²) in [5.41, 5.74) is 4.37. The lowest BCUT2D eigenvalue weighted by Crippen LogP contribution is -2.25. The van der Waals surface area contributed by atoms with Crippen molar-refractivity contribution in [3.8, 4) is 0 Å². The first-order valence-corrected chi connectivity index (χ1v) is 12.4. The molecule has 8 nitrogen and oxygen atoms in total. The van der Waals surface area contributed by atoms with Crippen LogP contribution < -0.4 is 10.6 Å². The number of carbonyl (C=O) groups excluding carboxylic acids is 2. The van der Waals surface area contributed by atoms with Gasteiger partial charge in [0.25, 0.3) is 0 Å². The van der Waals surface area contributed by atoms with Crippen LogP contribution in [-0.2, 0) is 0 Å². The molecular weight excluding hydrogens is 476 g/mol. The highest BCUT2D eigenvalue weighted by molar-refractivity contribution is 6.31. The molecule has 8 heteroatoms. The maximum absolute atomic E-state index is 13.5. The molecule has 38 heavy (non-hydrogen) atoms. The Morgan fingerprint density at radius 1 is 0.605 bits per heavy atom. The molecule has 1 aliphatic carbocycles. The predicted octanol–water partition coefficient (Wildman–Crippen LogP) is 4.31. The largest absolute Gasteiger partial charge is 0.383 e. The number of aliphatic imine (C=N–C) groups is 2. The highest BCUT2D eigenvalue weighted by atomic mass is 16.1. The summed E-state index contributed by atoms with van der Waals surface area (Å²) in [4.78, 5) is 44.3. The number of fused-ring (bicyclic) bond motifs is 2. The zero-order valence-corrected chi connectivity index (χ0v) is 20.7. The Balaban J connectivity index is 1.33. The van der Waals surface area contributed by atoms with Gasteiger partial charge >= 0.3 is 0 Å². The van der Waals surface area contributed by atoms with Crippen LogP contribution in [0.3, 0.4) is 0 Å². The molecule has 0 unspecified atom stereocenters. The fourth-order valence-electron chi connectivity index (χ4n) is 4.25. The third-order valence-electron chi connectivity index (χ3n) is 6.01. The van der Waals surface area contributed by atoms with Gasteiger partial charge in [0.1, 0.15) is 0 Å². The van der Waals surface area contributed by atoms with E-state index in [4.69, 9.17) is 0 Å². The van der Waals surface area contributed by atoms with Crippen LogP contribution in [0, 0.1) is 0 Å². The molecule has 0 atom stereocenters. The van der Waals surface area contributed by atoms with E-state index in [2.05, 4.69) is 30.6 Å². The number of ketones is 2. The summed E-state index contributed by atoms with van der Waals surface area (Å²) in [5.74, 6) is -0.349. The van der Waals surface area contributed by atoms with Crippen molar-refractivity contribution >= 4 is 35.4 Å². The van der Waals surface area contributed by atoms with E-state index >= 15 is 0 Å². The predicted molar refractivity (Wildman–Crippen MR) is 150 cm³/mol. The lowest BCUT2D eigenvalue weighted by molar-refractivity contribution is 0.0980. The van der Waals surface area contributed by atoms with E-state index in [0.29, 0.717) is 59.8 Å². The summed E-state index contributed by atoms with van der Waals surface area (Å²) >= 11 is 0. The fraction of sp³-hybridized carbons (Fsp3) is 0.133. The van der Waals surface area contributed by atoms with E-state index < -0.39 is 0 Å². The number of rotatable bonds is 10. The first-order chi connectivity index (χ1) is 18.7. The van der Waals surface area contributed by atoms with Gasteiger partial charge < -0.3 is 10.6 Å². The minimum Gasteiger partial charge on any atom is -0.383 e. The van der Waals surface area contributed by atoms with Gasteiger partial charge in [-0.15, -0.1) is 0 Å². The van der Waals surface area contributed by atoms with E-state index in [-0.39, 0.29) is 11.6 Å². The van der Waals surface area contributed by atoms with Crippen molar-refractivity contribution in [1.82, 2.24) is 9.97 Å². The zero-order valence-electron chi connectivity index (χ0n) is 20.7. The van der Waals surface area contributed by atoms with Crippen LogP contribution in [-0.4, -0.2) is 60.1 Å². The van der Waals surface area contributed by atoms with Gasteiger partial charge in [-0.1, -0.05) is 36.4 Å². The second-order valence-corrected chi connectivity index (χ2v) is 8.55. The summed E-state index contributed by atoms with van der Waals surface area (Å²) in [6, 6.07) is 21.9. The molecule has 0 fully saturated rings. The van der Waals surface area contributed by atoms with Crippen LogP contribution in [0.2, 0.25) is 0 Å². The van der Waals surface area contributed by atoms with Gasteiger partial charge in [-0.2, -0.15) is 0 Å². The van der Waals surface area contributed by atoms with Gasteiger partial charge in [0, 0.05) is 60.4 Å². The second kappa shape index (κ2) is 11.8. The first-order valence-electron chi connectivity index (χ1n) is 12.4. The normalized spacial score (nSPS) is 12.5. The SMILES string of the molecule is O=C1c2ccccc2C(=O)c2c(NCCN=Cc3ccccn3)ccc(NCCN=Cc3ccccn3)c21. The molecule has 0 saturated carbocycles. The average molecular weight is 503 g/mol. The maximum Gasteiger partial charge on any atom is 0.196 e. The van der Waals surface area contributed by atoms with Crippen LogP contribution in [0.1, 0.15) is 43.2 Å². The van der Waals surface area contributed by atoms with Gasteiger partial charge in [-0.25, -0.2) is 0 Å².